The standard InChI is InChI=1S/C13H16ClNO3S/c1-9-4-5-11(14)6-10(9)8-19(16,17)12-7-13(2,3)18-15-12/h4-6H,7-8H2,1-3H3. The first-order valence-corrected chi connectivity index (χ1v) is 7.95. The highest BCUT2D eigenvalue weighted by Crippen LogP contribution is 2.27. The van der Waals surface area contributed by atoms with Crippen molar-refractivity contribution in [3.63, 3.8) is 0 Å². The Kier molecular flexibility index (Phi) is 3.62. The number of oxime groups is 1. The summed E-state index contributed by atoms with van der Waals surface area (Å²) in [6.07, 6.45) is 0.301. The quantitative estimate of drug-likeness (QED) is 0.843. The van der Waals surface area contributed by atoms with Crippen molar-refractivity contribution in [1.82, 2.24) is 0 Å². The molecule has 0 N–H and O–H groups in total. The van der Waals surface area contributed by atoms with E-state index in [0.29, 0.717) is 17.0 Å². The molecule has 19 heavy (non-hydrogen) atoms. The summed E-state index contributed by atoms with van der Waals surface area (Å²) < 4.78 is 24.6. The monoisotopic (exact) mass is 301 g/mol. The predicted octanol–water partition coefficient (Wildman–Crippen LogP) is 3.08. The van der Waals surface area contributed by atoms with Crippen molar-refractivity contribution in [2.75, 3.05) is 0 Å². The number of halogens is 1. The lowest BCUT2D eigenvalue weighted by Crippen LogP contribution is -2.23. The lowest BCUT2D eigenvalue weighted by Gasteiger charge is -2.13. The Hall–Kier alpha value is -1.07. The molecule has 1 aliphatic rings. The van der Waals surface area contributed by atoms with Crippen LogP contribution in [-0.4, -0.2) is 19.1 Å². The van der Waals surface area contributed by atoms with Crippen LogP contribution < -0.4 is 0 Å². The third-order valence-corrected chi connectivity index (χ3v) is 4.85. The second-order valence-electron chi connectivity index (χ2n) is 5.34. The maximum Gasteiger partial charge on any atom is 0.199 e. The smallest absolute Gasteiger partial charge is 0.199 e. The van der Waals surface area contributed by atoms with E-state index in [9.17, 15) is 8.42 Å². The summed E-state index contributed by atoms with van der Waals surface area (Å²) in [4.78, 5) is 5.11. The molecular weight excluding hydrogens is 286 g/mol. The van der Waals surface area contributed by atoms with Gasteiger partial charge < -0.3 is 4.84 Å². The summed E-state index contributed by atoms with van der Waals surface area (Å²) in [5, 5.41) is 4.34. The number of aryl methyl sites for hydroxylation is 1. The fraction of sp³-hybridized carbons (Fsp3) is 0.462. The van der Waals surface area contributed by atoms with Gasteiger partial charge in [-0.25, -0.2) is 8.42 Å². The zero-order valence-corrected chi connectivity index (χ0v) is 12.7. The Labute approximate surface area is 118 Å². The zero-order valence-electron chi connectivity index (χ0n) is 11.1. The SMILES string of the molecule is Cc1ccc(Cl)cc1CS(=O)(=O)C1=NOC(C)(C)C1. The van der Waals surface area contributed by atoms with Gasteiger partial charge in [0.1, 0.15) is 5.60 Å². The number of benzene rings is 1. The van der Waals surface area contributed by atoms with Crippen molar-refractivity contribution >= 4 is 26.5 Å². The number of rotatable bonds is 2. The topological polar surface area (TPSA) is 55.7 Å². The highest BCUT2D eigenvalue weighted by Gasteiger charge is 2.36. The van der Waals surface area contributed by atoms with Crippen molar-refractivity contribution in [2.24, 2.45) is 5.16 Å². The van der Waals surface area contributed by atoms with Gasteiger partial charge in [-0.2, -0.15) is 0 Å². The Morgan fingerprint density at radius 3 is 2.68 bits per heavy atom. The van der Waals surface area contributed by atoms with Crippen molar-refractivity contribution in [3.05, 3.63) is 34.3 Å². The first kappa shape index (κ1) is 14.3. The minimum Gasteiger partial charge on any atom is -0.389 e. The molecule has 0 saturated carbocycles. The molecule has 1 aliphatic heterocycles. The van der Waals surface area contributed by atoms with E-state index in [1.54, 1.807) is 12.1 Å². The first-order valence-electron chi connectivity index (χ1n) is 5.92. The summed E-state index contributed by atoms with van der Waals surface area (Å²) in [5.74, 6) is -0.0995. The molecule has 0 spiro atoms. The molecule has 4 nitrogen and oxygen atoms in total. The van der Waals surface area contributed by atoms with E-state index in [1.165, 1.54) is 0 Å². The van der Waals surface area contributed by atoms with Crippen molar-refractivity contribution in [1.29, 1.82) is 0 Å². The molecule has 0 unspecified atom stereocenters. The lowest BCUT2D eigenvalue weighted by atomic mass is 10.1. The maximum absolute atomic E-state index is 12.3. The van der Waals surface area contributed by atoms with Gasteiger partial charge >= 0.3 is 0 Å². The van der Waals surface area contributed by atoms with Crippen LogP contribution in [0.2, 0.25) is 5.02 Å². The van der Waals surface area contributed by atoms with Gasteiger partial charge in [-0.3, -0.25) is 0 Å². The highest BCUT2D eigenvalue weighted by molar-refractivity contribution is 8.05. The molecule has 0 aromatic heterocycles. The third-order valence-electron chi connectivity index (χ3n) is 2.99. The maximum atomic E-state index is 12.3. The fourth-order valence-corrected chi connectivity index (χ4v) is 3.65. The third kappa shape index (κ3) is 3.28. The van der Waals surface area contributed by atoms with Crippen LogP contribution in [0.1, 0.15) is 31.4 Å². The Morgan fingerprint density at radius 1 is 1.42 bits per heavy atom. The van der Waals surface area contributed by atoms with E-state index < -0.39 is 15.4 Å². The largest absolute Gasteiger partial charge is 0.389 e. The average molecular weight is 302 g/mol. The molecule has 0 atom stereocenters. The van der Waals surface area contributed by atoms with Crippen LogP contribution in [0.15, 0.2) is 23.4 Å². The van der Waals surface area contributed by atoms with E-state index >= 15 is 0 Å². The average Bonchev–Trinajstić information content (AvgIpc) is 2.65. The van der Waals surface area contributed by atoms with Gasteiger partial charge in [-0.15, -0.1) is 0 Å². The molecule has 1 aromatic rings. The molecule has 1 heterocycles. The Morgan fingerprint density at radius 2 is 2.11 bits per heavy atom. The van der Waals surface area contributed by atoms with Gasteiger partial charge in [0.2, 0.25) is 0 Å². The van der Waals surface area contributed by atoms with E-state index in [1.807, 2.05) is 26.8 Å². The number of hydrogen-bond donors (Lipinski definition) is 0. The second kappa shape index (κ2) is 4.80. The molecule has 0 fully saturated rings. The number of sulfone groups is 1. The summed E-state index contributed by atoms with van der Waals surface area (Å²) in [6.45, 7) is 5.48. The summed E-state index contributed by atoms with van der Waals surface area (Å²) in [5.41, 5.74) is 1.04. The predicted molar refractivity (Wildman–Crippen MR) is 76.0 cm³/mol. The minimum atomic E-state index is -3.46. The van der Waals surface area contributed by atoms with Crippen LogP contribution in [0.25, 0.3) is 0 Å². The Bertz CT molecular complexity index is 635. The number of nitrogens with zero attached hydrogens (tertiary/aromatic N) is 1. The summed E-state index contributed by atoms with van der Waals surface area (Å²) in [6, 6.07) is 5.23. The molecule has 2 rings (SSSR count). The molecule has 104 valence electrons. The number of hydrogen-bond acceptors (Lipinski definition) is 4. The Balaban J connectivity index is 2.25. The summed E-state index contributed by atoms with van der Waals surface area (Å²) >= 11 is 5.90. The van der Waals surface area contributed by atoms with E-state index in [2.05, 4.69) is 5.16 Å². The molecule has 0 aliphatic carbocycles. The molecular formula is C13H16ClNO3S. The van der Waals surface area contributed by atoms with Gasteiger partial charge in [-0.1, -0.05) is 22.8 Å². The minimum absolute atomic E-state index is 0.0995. The van der Waals surface area contributed by atoms with Crippen molar-refractivity contribution in [3.8, 4) is 0 Å². The van der Waals surface area contributed by atoms with Crippen LogP contribution >= 0.6 is 11.6 Å². The molecule has 0 bridgehead atoms. The van der Waals surface area contributed by atoms with Crippen LogP contribution in [-0.2, 0) is 20.4 Å². The van der Waals surface area contributed by atoms with Gasteiger partial charge in [-0.05, 0) is 44.0 Å². The van der Waals surface area contributed by atoms with Crippen LogP contribution in [0.5, 0.6) is 0 Å². The van der Waals surface area contributed by atoms with Crippen molar-refractivity contribution < 1.29 is 13.3 Å². The summed E-state index contributed by atoms with van der Waals surface area (Å²) in [7, 11) is -3.46. The van der Waals surface area contributed by atoms with Gasteiger partial charge in [0.05, 0.1) is 5.75 Å². The zero-order chi connectivity index (χ0) is 14.3. The van der Waals surface area contributed by atoms with Crippen LogP contribution in [0, 0.1) is 6.92 Å². The van der Waals surface area contributed by atoms with Crippen molar-refractivity contribution in [2.45, 2.75) is 38.5 Å². The second-order valence-corrected chi connectivity index (χ2v) is 7.77. The van der Waals surface area contributed by atoms with Gasteiger partial charge in [0, 0.05) is 11.4 Å². The highest BCUT2D eigenvalue weighted by atomic mass is 35.5. The molecule has 6 heteroatoms. The van der Waals surface area contributed by atoms with E-state index in [0.717, 1.165) is 5.56 Å². The van der Waals surface area contributed by atoms with E-state index in [-0.39, 0.29) is 10.8 Å². The first-order chi connectivity index (χ1) is 8.70. The molecule has 0 saturated heterocycles. The molecule has 1 aromatic carbocycles. The molecule has 0 radical (unpaired) electrons. The van der Waals surface area contributed by atoms with Crippen LogP contribution in [0.4, 0.5) is 0 Å². The van der Waals surface area contributed by atoms with Crippen LogP contribution in [0.3, 0.4) is 0 Å². The normalized spacial score (nSPS) is 18.0. The fourth-order valence-electron chi connectivity index (χ4n) is 1.85. The van der Waals surface area contributed by atoms with Gasteiger partial charge in [0.25, 0.3) is 0 Å². The van der Waals surface area contributed by atoms with Gasteiger partial charge in [0.15, 0.2) is 14.9 Å². The lowest BCUT2D eigenvalue weighted by molar-refractivity contribution is 0.0123. The van der Waals surface area contributed by atoms with E-state index in [4.69, 9.17) is 16.4 Å². The molecule has 0 amide bonds.